The second kappa shape index (κ2) is 9.55. The number of benzene rings is 2. The number of aliphatic hydroxyl groups excluding tert-OH is 4. The molecule has 5 bridgehead atoms. The van der Waals surface area contributed by atoms with Crippen LogP contribution in [-0.4, -0.2) is 96.1 Å². The minimum absolute atomic E-state index is 0.0118. The maximum absolute atomic E-state index is 14.1. The SMILES string of the molecule is Cc1cc(O)c2c(c1)C(=O)c1c(c3cc4c(nccc14)NCC(O)CCC1C=CC4(O)C(O)C(O3)OC1(CO)C4O)C2=O. The molecule has 12 nitrogen and oxygen atoms in total. The number of aromatic nitrogens is 1. The van der Waals surface area contributed by atoms with Crippen molar-refractivity contribution < 1.29 is 49.7 Å². The number of carbonyl (C=O) groups excluding carboxylic acids is 2. The van der Waals surface area contributed by atoms with Gasteiger partial charge in [0.1, 0.15) is 34.6 Å². The lowest BCUT2D eigenvalue weighted by molar-refractivity contribution is -0.352. The molecule has 1 saturated heterocycles. The van der Waals surface area contributed by atoms with Gasteiger partial charge >= 0.3 is 0 Å². The Labute approximate surface area is 244 Å². The van der Waals surface area contributed by atoms with Crippen molar-refractivity contribution in [2.24, 2.45) is 5.92 Å². The van der Waals surface area contributed by atoms with E-state index in [-0.39, 0.29) is 53.1 Å². The third-order valence-corrected chi connectivity index (χ3v) is 9.22. The van der Waals surface area contributed by atoms with Gasteiger partial charge in [-0.1, -0.05) is 12.2 Å². The van der Waals surface area contributed by atoms with Crippen LogP contribution in [0.25, 0.3) is 10.8 Å². The summed E-state index contributed by atoms with van der Waals surface area (Å²) in [5.41, 5.74) is -3.98. The van der Waals surface area contributed by atoms with Crippen LogP contribution in [0.5, 0.6) is 11.5 Å². The zero-order valence-electron chi connectivity index (χ0n) is 23.0. The Bertz CT molecular complexity index is 1740. The lowest BCUT2D eigenvalue weighted by Crippen LogP contribution is -2.76. The van der Waals surface area contributed by atoms with Crippen molar-refractivity contribution in [3.8, 4) is 11.5 Å². The molecule has 7 unspecified atom stereocenters. The van der Waals surface area contributed by atoms with E-state index >= 15 is 0 Å². The number of ketones is 2. The molecule has 2 aliphatic heterocycles. The van der Waals surface area contributed by atoms with Gasteiger partial charge in [0.15, 0.2) is 11.9 Å². The predicted octanol–water partition coefficient (Wildman–Crippen LogP) is 0.696. The first-order chi connectivity index (χ1) is 20.5. The van der Waals surface area contributed by atoms with Gasteiger partial charge in [0.05, 0.1) is 23.8 Å². The number of phenolic OH excluding ortho intramolecular Hbond substituents is 1. The first-order valence-corrected chi connectivity index (χ1v) is 14.0. The van der Waals surface area contributed by atoms with Crippen molar-refractivity contribution in [1.82, 2.24) is 4.98 Å². The average Bonchev–Trinajstić information content (AvgIpc) is 2.97. The quantitative estimate of drug-likeness (QED) is 0.153. The fourth-order valence-electron chi connectivity index (χ4n) is 6.95. The molecule has 4 aliphatic rings. The average molecular weight is 591 g/mol. The molecule has 0 saturated carbocycles. The normalized spacial score (nSPS) is 33.0. The van der Waals surface area contributed by atoms with Crippen LogP contribution in [0.15, 0.2) is 42.6 Å². The molecule has 3 aromatic rings. The number of hydrogen-bond donors (Lipinski definition) is 7. The Morgan fingerprint density at radius 3 is 2.60 bits per heavy atom. The maximum atomic E-state index is 14.1. The van der Waals surface area contributed by atoms with Gasteiger partial charge in [0, 0.05) is 35.2 Å². The van der Waals surface area contributed by atoms with E-state index in [0.717, 1.165) is 0 Å². The van der Waals surface area contributed by atoms with Crippen molar-refractivity contribution >= 4 is 28.2 Å². The van der Waals surface area contributed by atoms with Crippen molar-refractivity contribution in [2.45, 2.75) is 55.6 Å². The molecular weight excluding hydrogens is 560 g/mol. The molecule has 1 aromatic heterocycles. The monoisotopic (exact) mass is 590 g/mol. The van der Waals surface area contributed by atoms with Gasteiger partial charge in [-0.05, 0) is 55.0 Å². The Morgan fingerprint density at radius 2 is 1.84 bits per heavy atom. The smallest absolute Gasteiger partial charge is 0.230 e. The first-order valence-electron chi connectivity index (χ1n) is 14.0. The fourth-order valence-corrected chi connectivity index (χ4v) is 6.95. The van der Waals surface area contributed by atoms with Crippen molar-refractivity contribution in [3.63, 3.8) is 0 Å². The van der Waals surface area contributed by atoms with Gasteiger partial charge in [0.2, 0.25) is 12.1 Å². The number of pyridine rings is 1. The van der Waals surface area contributed by atoms with Crippen LogP contribution < -0.4 is 10.1 Å². The number of ether oxygens (including phenoxy) is 2. The molecule has 43 heavy (non-hydrogen) atoms. The Balaban J connectivity index is 1.49. The van der Waals surface area contributed by atoms with E-state index < -0.39 is 59.9 Å². The van der Waals surface area contributed by atoms with Gasteiger partial charge < -0.3 is 45.4 Å². The van der Waals surface area contributed by atoms with Gasteiger partial charge in [-0.15, -0.1) is 0 Å². The zero-order chi connectivity index (χ0) is 30.4. The van der Waals surface area contributed by atoms with Crippen LogP contribution in [0, 0.1) is 12.8 Å². The molecule has 224 valence electrons. The number of anilines is 1. The van der Waals surface area contributed by atoms with Crippen LogP contribution in [0.1, 0.15) is 50.2 Å². The molecule has 0 spiro atoms. The van der Waals surface area contributed by atoms with Crippen LogP contribution in [0.2, 0.25) is 0 Å². The van der Waals surface area contributed by atoms with E-state index in [0.29, 0.717) is 22.2 Å². The van der Waals surface area contributed by atoms with E-state index in [2.05, 4.69) is 10.3 Å². The summed E-state index contributed by atoms with van der Waals surface area (Å²) in [4.78, 5) is 32.5. The van der Waals surface area contributed by atoms with E-state index in [1.807, 2.05) is 0 Å². The highest BCUT2D eigenvalue weighted by Gasteiger charge is 2.65. The first kappa shape index (κ1) is 27.9. The Morgan fingerprint density at radius 1 is 1.05 bits per heavy atom. The van der Waals surface area contributed by atoms with Crippen molar-refractivity contribution in [2.75, 3.05) is 18.5 Å². The maximum Gasteiger partial charge on any atom is 0.230 e. The molecule has 2 aromatic carbocycles. The highest BCUT2D eigenvalue weighted by molar-refractivity contribution is 6.34. The molecule has 12 heteroatoms. The molecule has 7 rings (SSSR count). The van der Waals surface area contributed by atoms with E-state index in [1.165, 1.54) is 36.5 Å². The summed E-state index contributed by atoms with van der Waals surface area (Å²) in [6.07, 6.45) is -1.62. The van der Waals surface area contributed by atoms with Gasteiger partial charge in [-0.3, -0.25) is 9.59 Å². The molecule has 7 N–H and O–H groups in total. The fraction of sp³-hybridized carbons (Fsp3) is 0.387. The summed E-state index contributed by atoms with van der Waals surface area (Å²) in [5.74, 6) is -2.27. The molecule has 3 heterocycles. The third-order valence-electron chi connectivity index (χ3n) is 9.22. The summed E-state index contributed by atoms with van der Waals surface area (Å²) < 4.78 is 12.3. The minimum atomic E-state index is -2.30. The van der Waals surface area contributed by atoms with Crippen LogP contribution in [0.4, 0.5) is 5.82 Å². The molecule has 2 aliphatic carbocycles. The van der Waals surface area contributed by atoms with E-state index in [4.69, 9.17) is 9.47 Å². The predicted molar refractivity (Wildman–Crippen MR) is 150 cm³/mol. The zero-order valence-corrected chi connectivity index (χ0v) is 23.0. The minimum Gasteiger partial charge on any atom is -0.507 e. The van der Waals surface area contributed by atoms with Crippen LogP contribution in [0.3, 0.4) is 0 Å². The Kier molecular flexibility index (Phi) is 6.19. The number of fused-ring (bicyclic) bond motifs is 7. The summed E-state index contributed by atoms with van der Waals surface area (Å²) in [6, 6.07) is 5.89. The second-order valence-electron chi connectivity index (χ2n) is 11.8. The summed E-state index contributed by atoms with van der Waals surface area (Å²) in [5, 5.41) is 69.9. The number of aryl methyl sites for hydroxylation is 1. The number of aliphatic hydroxyl groups is 5. The number of β-amino-alcohol motifs (C(OH)–C–C–N with tert-alkyl or cyclic N) is 1. The number of rotatable bonds is 1. The third kappa shape index (κ3) is 3.81. The number of nitrogens with one attached hydrogen (secondary N) is 1. The van der Waals surface area contributed by atoms with Gasteiger partial charge in [0.25, 0.3) is 0 Å². The molecule has 7 atom stereocenters. The topological polar surface area (TPSA) is 199 Å². The van der Waals surface area contributed by atoms with E-state index in [9.17, 15) is 40.2 Å². The van der Waals surface area contributed by atoms with Gasteiger partial charge in [-0.2, -0.15) is 0 Å². The number of nitrogens with zero attached hydrogens (tertiary/aromatic N) is 1. The highest BCUT2D eigenvalue weighted by atomic mass is 16.7. The number of aromatic hydroxyl groups is 1. The molecular formula is C31H30N2O10. The van der Waals surface area contributed by atoms with E-state index in [1.54, 1.807) is 13.0 Å². The largest absolute Gasteiger partial charge is 0.507 e. The van der Waals surface area contributed by atoms with Gasteiger partial charge in [-0.25, -0.2) is 4.98 Å². The van der Waals surface area contributed by atoms with Crippen LogP contribution >= 0.6 is 0 Å². The highest BCUT2D eigenvalue weighted by Crippen LogP contribution is 2.49. The lowest BCUT2D eigenvalue weighted by atomic mass is 9.65. The standard InChI is InChI=1S/C31H30N2O10/c1-13-8-18-21(19(36)9-13)25(38)23-20-10-17-16(22(23)24(18)37)5-7-32-27(17)33-11-15(35)3-2-14-4-6-30(41)26(39)28(42-20)43-31(14,12-34)29(30)40/h4-10,14-15,26,28-29,34-36,39-41H,2-3,11-12H2,1H3,(H,32,33). The molecule has 0 radical (unpaired) electrons. The summed E-state index contributed by atoms with van der Waals surface area (Å²) >= 11 is 0. The van der Waals surface area contributed by atoms with Crippen molar-refractivity contribution in [1.29, 1.82) is 0 Å². The van der Waals surface area contributed by atoms with Crippen molar-refractivity contribution in [3.05, 3.63) is 70.4 Å². The van der Waals surface area contributed by atoms with Crippen LogP contribution in [-0.2, 0) is 4.74 Å². The second-order valence-corrected chi connectivity index (χ2v) is 11.8. The molecule has 1 fully saturated rings. The number of phenols is 1. The summed E-state index contributed by atoms with van der Waals surface area (Å²) in [7, 11) is 0. The summed E-state index contributed by atoms with van der Waals surface area (Å²) in [6.45, 7) is 0.969. The molecule has 0 amide bonds. The Hall–Kier alpha value is -3.91. The lowest BCUT2D eigenvalue weighted by Gasteiger charge is -2.57. The number of carbonyl (C=O) groups is 2. The number of hydrogen-bond acceptors (Lipinski definition) is 12.